The molecule has 1 N–H and O–H groups in total. The molecule has 0 unspecified atom stereocenters. The largest absolute Gasteiger partial charge is 0.497 e. The molecule has 28 heavy (non-hydrogen) atoms. The summed E-state index contributed by atoms with van der Waals surface area (Å²) in [4.78, 5) is 26.5. The van der Waals surface area contributed by atoms with Crippen LogP contribution in [-0.4, -0.2) is 40.8 Å². The van der Waals surface area contributed by atoms with Crippen molar-refractivity contribution in [1.82, 2.24) is 4.90 Å². The van der Waals surface area contributed by atoms with Gasteiger partial charge in [-0.25, -0.2) is 4.79 Å². The normalized spacial score (nSPS) is 19.5. The van der Waals surface area contributed by atoms with Gasteiger partial charge in [0.2, 0.25) is 0 Å². The van der Waals surface area contributed by atoms with E-state index in [2.05, 4.69) is 32.9 Å². The van der Waals surface area contributed by atoms with Gasteiger partial charge in [0.15, 0.2) is 0 Å². The number of carbonyl (C=O) groups is 2. The number of hydrogen-bond acceptors (Lipinski definition) is 4. The Labute approximate surface area is 169 Å². The van der Waals surface area contributed by atoms with Crippen molar-refractivity contribution >= 4 is 23.6 Å². The molecule has 0 aliphatic carbocycles. The first-order chi connectivity index (χ1) is 13.2. The first-order valence-corrected chi connectivity index (χ1v) is 10.2. The van der Waals surface area contributed by atoms with E-state index in [0.29, 0.717) is 17.1 Å². The Kier molecular flexibility index (Phi) is 5.70. The van der Waals surface area contributed by atoms with Crippen LogP contribution in [0.2, 0.25) is 0 Å². The summed E-state index contributed by atoms with van der Waals surface area (Å²) >= 11 is 1.48. The zero-order chi connectivity index (χ0) is 20.5. The Bertz CT molecular complexity index is 856. The fourth-order valence-corrected chi connectivity index (χ4v) is 4.65. The molecule has 0 radical (unpaired) electrons. The molecule has 1 saturated heterocycles. The number of aliphatic carboxylic acids is 1. The second-order valence-corrected chi connectivity index (χ2v) is 8.97. The first kappa shape index (κ1) is 20.3. The van der Waals surface area contributed by atoms with Gasteiger partial charge in [-0.05, 0) is 40.8 Å². The molecule has 3 rings (SSSR count). The number of methoxy groups -OCH3 is 1. The quantitative estimate of drug-likeness (QED) is 0.829. The van der Waals surface area contributed by atoms with Crippen molar-refractivity contribution in [3.05, 3.63) is 65.2 Å². The van der Waals surface area contributed by atoms with Crippen molar-refractivity contribution in [3.63, 3.8) is 0 Å². The van der Waals surface area contributed by atoms with Crippen LogP contribution in [0.4, 0.5) is 0 Å². The van der Waals surface area contributed by atoms with Crippen molar-refractivity contribution in [2.24, 2.45) is 0 Å². The topological polar surface area (TPSA) is 66.8 Å². The third kappa shape index (κ3) is 4.02. The second-order valence-electron chi connectivity index (χ2n) is 7.85. The van der Waals surface area contributed by atoms with E-state index in [1.54, 1.807) is 31.4 Å². The Hall–Kier alpha value is -2.47. The number of thioether (sulfide) groups is 1. The van der Waals surface area contributed by atoms with Gasteiger partial charge in [0, 0.05) is 11.3 Å². The van der Waals surface area contributed by atoms with Crippen molar-refractivity contribution in [2.45, 2.75) is 37.6 Å². The highest BCUT2D eigenvalue weighted by Gasteiger charge is 2.42. The summed E-state index contributed by atoms with van der Waals surface area (Å²) in [6.45, 7) is 6.44. The number of nitrogens with zero attached hydrogens (tertiary/aromatic N) is 1. The molecular formula is C22H25NO4S. The summed E-state index contributed by atoms with van der Waals surface area (Å²) < 4.78 is 5.14. The molecule has 0 aromatic heterocycles. The van der Waals surface area contributed by atoms with Crippen LogP contribution in [0.1, 0.15) is 47.6 Å². The van der Waals surface area contributed by atoms with Crippen LogP contribution in [0.25, 0.3) is 0 Å². The second kappa shape index (κ2) is 7.87. The standard InChI is InChI=1S/C22H25NO4S/c1-22(2,3)16-9-5-15(6-10-16)20-23(18(13-28-20)21(25)26)19(24)14-7-11-17(27-4)12-8-14/h5-12,18,20H,13H2,1-4H3,(H,25,26)/t18-,20-/m0/s1. The lowest BCUT2D eigenvalue weighted by atomic mass is 9.86. The molecule has 1 amide bonds. The molecule has 1 heterocycles. The number of ether oxygens (including phenoxy) is 1. The van der Waals surface area contributed by atoms with Crippen LogP contribution in [0.15, 0.2) is 48.5 Å². The van der Waals surface area contributed by atoms with Gasteiger partial charge >= 0.3 is 5.97 Å². The lowest BCUT2D eigenvalue weighted by Gasteiger charge is -2.28. The van der Waals surface area contributed by atoms with Gasteiger partial charge in [-0.1, -0.05) is 45.0 Å². The molecule has 2 aromatic carbocycles. The van der Waals surface area contributed by atoms with Gasteiger partial charge < -0.3 is 14.7 Å². The Morgan fingerprint density at radius 2 is 1.68 bits per heavy atom. The third-order valence-electron chi connectivity index (χ3n) is 4.92. The lowest BCUT2D eigenvalue weighted by molar-refractivity contribution is -0.141. The summed E-state index contributed by atoms with van der Waals surface area (Å²) in [6.07, 6.45) is 0. The van der Waals surface area contributed by atoms with Crippen molar-refractivity contribution in [3.8, 4) is 5.75 Å². The molecule has 5 nitrogen and oxygen atoms in total. The molecule has 1 fully saturated rings. The van der Waals surface area contributed by atoms with E-state index in [-0.39, 0.29) is 16.7 Å². The van der Waals surface area contributed by atoms with Gasteiger partial charge in [-0.15, -0.1) is 11.8 Å². The lowest BCUT2D eigenvalue weighted by Crippen LogP contribution is -2.42. The van der Waals surface area contributed by atoms with Gasteiger partial charge in [0.05, 0.1) is 7.11 Å². The average Bonchev–Trinajstić information content (AvgIpc) is 3.12. The van der Waals surface area contributed by atoms with Crippen molar-refractivity contribution in [2.75, 3.05) is 12.9 Å². The van der Waals surface area contributed by atoms with Gasteiger partial charge in [0.25, 0.3) is 5.91 Å². The summed E-state index contributed by atoms with van der Waals surface area (Å²) in [5.41, 5.74) is 2.61. The van der Waals surface area contributed by atoms with E-state index in [1.807, 2.05) is 12.1 Å². The van der Waals surface area contributed by atoms with Gasteiger partial charge in [0.1, 0.15) is 17.2 Å². The molecule has 0 saturated carbocycles. The molecule has 6 heteroatoms. The van der Waals surface area contributed by atoms with E-state index in [1.165, 1.54) is 22.2 Å². The number of hydrogen-bond donors (Lipinski definition) is 1. The average molecular weight is 400 g/mol. The Morgan fingerprint density at radius 1 is 1.07 bits per heavy atom. The highest BCUT2D eigenvalue weighted by molar-refractivity contribution is 7.99. The molecule has 2 atom stereocenters. The number of carboxylic acids is 1. The van der Waals surface area contributed by atoms with E-state index in [4.69, 9.17) is 4.74 Å². The van der Waals surface area contributed by atoms with Crippen LogP contribution in [-0.2, 0) is 10.2 Å². The maximum Gasteiger partial charge on any atom is 0.327 e. The third-order valence-corrected chi connectivity index (χ3v) is 6.24. The SMILES string of the molecule is COc1ccc(C(=O)N2[C@H](C(=O)O)CS[C@H]2c2ccc(C(C)(C)C)cc2)cc1. The van der Waals surface area contributed by atoms with E-state index in [9.17, 15) is 14.7 Å². The van der Waals surface area contributed by atoms with E-state index in [0.717, 1.165) is 5.56 Å². The number of amides is 1. The molecule has 1 aliphatic rings. The van der Waals surface area contributed by atoms with E-state index < -0.39 is 12.0 Å². The predicted molar refractivity (Wildman–Crippen MR) is 111 cm³/mol. The van der Waals surface area contributed by atoms with Crippen molar-refractivity contribution < 1.29 is 19.4 Å². The van der Waals surface area contributed by atoms with Crippen LogP contribution >= 0.6 is 11.8 Å². The summed E-state index contributed by atoms with van der Waals surface area (Å²) in [5.74, 6) is -0.257. The zero-order valence-electron chi connectivity index (χ0n) is 16.5. The Morgan fingerprint density at radius 3 is 2.18 bits per heavy atom. The number of benzene rings is 2. The van der Waals surface area contributed by atoms with Crippen molar-refractivity contribution in [1.29, 1.82) is 0 Å². The minimum atomic E-state index is -0.983. The highest BCUT2D eigenvalue weighted by atomic mass is 32.2. The van der Waals surface area contributed by atoms with Gasteiger partial charge in [-0.2, -0.15) is 0 Å². The molecule has 2 aromatic rings. The van der Waals surface area contributed by atoms with E-state index >= 15 is 0 Å². The maximum atomic E-state index is 13.2. The van der Waals surface area contributed by atoms with Crippen LogP contribution < -0.4 is 4.74 Å². The summed E-state index contributed by atoms with van der Waals surface area (Å²) in [7, 11) is 1.56. The smallest absolute Gasteiger partial charge is 0.327 e. The summed E-state index contributed by atoms with van der Waals surface area (Å²) in [6, 6.07) is 14.0. The highest BCUT2D eigenvalue weighted by Crippen LogP contribution is 2.42. The van der Waals surface area contributed by atoms with Crippen LogP contribution in [0, 0.1) is 0 Å². The molecule has 1 aliphatic heterocycles. The van der Waals surface area contributed by atoms with Crippen LogP contribution in [0.5, 0.6) is 5.75 Å². The monoisotopic (exact) mass is 399 g/mol. The fraction of sp³-hybridized carbons (Fsp3) is 0.364. The first-order valence-electron chi connectivity index (χ1n) is 9.14. The van der Waals surface area contributed by atoms with Crippen LogP contribution in [0.3, 0.4) is 0 Å². The molecule has 0 bridgehead atoms. The molecular weight excluding hydrogens is 374 g/mol. The van der Waals surface area contributed by atoms with Gasteiger partial charge in [-0.3, -0.25) is 4.79 Å². The minimum Gasteiger partial charge on any atom is -0.497 e. The minimum absolute atomic E-state index is 0.0313. The molecule has 0 spiro atoms. The Balaban J connectivity index is 1.93. The molecule has 148 valence electrons. The number of rotatable bonds is 4. The zero-order valence-corrected chi connectivity index (χ0v) is 17.3. The predicted octanol–water partition coefficient (Wildman–Crippen LogP) is 4.33. The maximum absolute atomic E-state index is 13.2. The summed E-state index contributed by atoms with van der Waals surface area (Å²) in [5, 5.41) is 9.32. The fourth-order valence-electron chi connectivity index (χ4n) is 3.23. The number of carbonyl (C=O) groups excluding carboxylic acids is 1. The number of carboxylic acid groups (broad SMARTS) is 1.